The number of halogens is 2. The van der Waals surface area contributed by atoms with Crippen LogP contribution in [-0.2, 0) is 12.8 Å². The van der Waals surface area contributed by atoms with Crippen molar-refractivity contribution < 1.29 is 8.78 Å². The Morgan fingerprint density at radius 1 is 0.397 bits per heavy atom. The van der Waals surface area contributed by atoms with E-state index >= 15 is 8.78 Å². The van der Waals surface area contributed by atoms with Gasteiger partial charge < -0.3 is 0 Å². The highest BCUT2D eigenvalue weighted by Crippen LogP contribution is 2.49. The standard InChI is InChI=1S/C64H94F2N2S5/c1-7-11-15-19-23-25-29-33-36-49(35-31-27-21-17-13-9-3)42-51-44-57(70-48(51)6)53-39-40-54(61-60(53)67-73-68-61)58-45-52(62(71-58)59-46-56(66)64(72-59)63-55(65)41-47(5)69-63)43-50(37-32-28-22-18-14-10-4)38-34-30-26-24-20-16-12-8-2/h39-41,44-46,49-50H,7-38,42-43H2,1-6H3. The van der Waals surface area contributed by atoms with Crippen molar-refractivity contribution in [2.45, 2.75) is 260 Å². The summed E-state index contributed by atoms with van der Waals surface area (Å²) in [4.78, 5) is 7.61. The average molecular weight is 1090 g/mol. The summed E-state index contributed by atoms with van der Waals surface area (Å²) in [7, 11) is 0. The Labute approximate surface area is 463 Å². The number of rotatable bonds is 40. The first-order valence-corrected chi connectivity index (χ1v) is 33.8. The van der Waals surface area contributed by atoms with E-state index in [1.165, 1.54) is 279 Å². The van der Waals surface area contributed by atoms with Crippen LogP contribution in [0.15, 0.2) is 36.4 Å². The molecule has 0 spiro atoms. The van der Waals surface area contributed by atoms with Crippen molar-refractivity contribution in [1.82, 2.24) is 8.75 Å². The summed E-state index contributed by atoms with van der Waals surface area (Å²) in [6, 6.07) is 12.7. The van der Waals surface area contributed by atoms with E-state index in [0.717, 1.165) is 48.4 Å². The van der Waals surface area contributed by atoms with E-state index in [1.54, 1.807) is 17.4 Å². The summed E-state index contributed by atoms with van der Waals surface area (Å²) in [6.07, 6.45) is 44.9. The maximum Gasteiger partial charge on any atom is 0.143 e. The molecule has 6 rings (SSSR count). The van der Waals surface area contributed by atoms with E-state index in [9.17, 15) is 0 Å². The zero-order valence-corrected chi connectivity index (χ0v) is 50.4. The molecule has 2 nitrogen and oxygen atoms in total. The van der Waals surface area contributed by atoms with Crippen LogP contribution in [0.5, 0.6) is 0 Å². The quantitative estimate of drug-likeness (QED) is 0.0358. The normalized spacial score (nSPS) is 12.8. The lowest BCUT2D eigenvalue weighted by Crippen LogP contribution is -2.05. The Bertz CT molecular complexity index is 2430. The van der Waals surface area contributed by atoms with Gasteiger partial charge in [-0.15, -0.1) is 45.3 Å². The molecular weight excluding hydrogens is 995 g/mol. The summed E-state index contributed by atoms with van der Waals surface area (Å²) in [6.45, 7) is 13.4. The molecule has 5 aromatic heterocycles. The van der Waals surface area contributed by atoms with E-state index in [-0.39, 0.29) is 11.6 Å². The number of aryl methyl sites for hydroxylation is 2. The maximum atomic E-state index is 16.1. The largest absolute Gasteiger partial charge is 0.205 e. The van der Waals surface area contributed by atoms with Crippen LogP contribution in [0, 0.1) is 37.3 Å². The third-order valence-corrected chi connectivity index (χ3v) is 20.9. The fourth-order valence-corrected chi connectivity index (χ4v) is 16.3. The molecule has 0 saturated carbocycles. The molecule has 0 aliphatic carbocycles. The van der Waals surface area contributed by atoms with Gasteiger partial charge in [-0.25, -0.2) is 8.78 Å². The molecule has 0 fully saturated rings. The second kappa shape index (κ2) is 33.8. The molecule has 0 saturated heterocycles. The molecular formula is C64H94F2N2S5. The van der Waals surface area contributed by atoms with Crippen molar-refractivity contribution >= 4 is 68.1 Å². The molecule has 0 amide bonds. The van der Waals surface area contributed by atoms with Crippen molar-refractivity contribution in [3.05, 3.63) is 68.9 Å². The number of aromatic nitrogens is 2. The van der Waals surface area contributed by atoms with Gasteiger partial charge in [0.1, 0.15) is 22.7 Å². The molecule has 1 aromatic carbocycles. The van der Waals surface area contributed by atoms with Crippen LogP contribution >= 0.6 is 57.1 Å². The molecule has 73 heavy (non-hydrogen) atoms. The van der Waals surface area contributed by atoms with Gasteiger partial charge in [-0.2, -0.15) is 8.75 Å². The summed E-state index contributed by atoms with van der Waals surface area (Å²) in [5, 5.41) is 0. The summed E-state index contributed by atoms with van der Waals surface area (Å²) < 4.78 is 41.3. The minimum atomic E-state index is -0.329. The topological polar surface area (TPSA) is 25.8 Å². The molecule has 6 aromatic rings. The molecule has 0 aliphatic rings. The molecule has 0 aliphatic heterocycles. The van der Waals surface area contributed by atoms with Crippen molar-refractivity contribution in [2.75, 3.05) is 0 Å². The summed E-state index contributed by atoms with van der Waals surface area (Å²) in [5.41, 5.74) is 7.05. The van der Waals surface area contributed by atoms with Crippen LogP contribution in [0.1, 0.15) is 254 Å². The van der Waals surface area contributed by atoms with E-state index in [0.29, 0.717) is 15.7 Å². The van der Waals surface area contributed by atoms with Crippen LogP contribution in [-0.4, -0.2) is 8.75 Å². The molecule has 2 unspecified atom stereocenters. The van der Waals surface area contributed by atoms with Gasteiger partial charge in [0.2, 0.25) is 0 Å². The number of benzene rings is 1. The Hall–Kier alpha value is -2.30. The van der Waals surface area contributed by atoms with Gasteiger partial charge >= 0.3 is 0 Å². The van der Waals surface area contributed by atoms with Crippen LogP contribution in [0.2, 0.25) is 0 Å². The van der Waals surface area contributed by atoms with Crippen molar-refractivity contribution in [1.29, 1.82) is 0 Å². The number of fused-ring (bicyclic) bond motifs is 1. The molecule has 2 atom stereocenters. The highest BCUT2D eigenvalue weighted by Gasteiger charge is 2.25. The second-order valence-corrected chi connectivity index (χ2v) is 27.0. The van der Waals surface area contributed by atoms with Gasteiger partial charge in [0, 0.05) is 40.4 Å². The molecule has 404 valence electrons. The number of nitrogens with zero attached hydrogens (tertiary/aromatic N) is 2. The third kappa shape index (κ3) is 19.3. The molecule has 0 radical (unpaired) electrons. The van der Waals surface area contributed by atoms with Crippen LogP contribution < -0.4 is 0 Å². The number of hydrogen-bond acceptors (Lipinski definition) is 7. The summed E-state index contributed by atoms with van der Waals surface area (Å²) >= 11 is 7.77. The maximum absolute atomic E-state index is 16.1. The van der Waals surface area contributed by atoms with E-state index in [1.807, 2.05) is 18.3 Å². The average Bonchev–Trinajstić information content (AvgIpc) is 4.24. The lowest BCUT2D eigenvalue weighted by molar-refractivity contribution is 0.400. The zero-order valence-electron chi connectivity index (χ0n) is 46.4. The highest BCUT2D eigenvalue weighted by atomic mass is 32.1. The van der Waals surface area contributed by atoms with Crippen LogP contribution in [0.25, 0.3) is 51.4 Å². The molecule has 9 heteroatoms. The zero-order chi connectivity index (χ0) is 51.6. The number of unbranched alkanes of at least 4 members (excludes halogenated alkanes) is 24. The van der Waals surface area contributed by atoms with Crippen molar-refractivity contribution in [2.24, 2.45) is 11.8 Å². The first kappa shape index (κ1) is 59.9. The lowest BCUT2D eigenvalue weighted by Gasteiger charge is -2.17. The molecule has 5 heterocycles. The third-order valence-electron chi connectivity index (χ3n) is 15.6. The Morgan fingerprint density at radius 2 is 0.767 bits per heavy atom. The van der Waals surface area contributed by atoms with Gasteiger partial charge in [-0.1, -0.05) is 245 Å². The SMILES string of the molecule is CCCCCCCCCCC(CCCCCCCC)Cc1cc(-c2ccc(-c3cc(CC(CCCCCCCC)CCCCCCCCCC)c(-c4cc(F)c(-c5sc(C)cc5F)s4)s3)c3nsnc23)sc1C. The van der Waals surface area contributed by atoms with Gasteiger partial charge in [0.05, 0.1) is 21.5 Å². The summed E-state index contributed by atoms with van der Waals surface area (Å²) in [5.74, 6) is 0.654. The predicted molar refractivity (Wildman–Crippen MR) is 325 cm³/mol. The van der Waals surface area contributed by atoms with Gasteiger partial charge in [0.15, 0.2) is 0 Å². The monoisotopic (exact) mass is 1090 g/mol. The number of hydrogen-bond donors (Lipinski definition) is 0. The fourth-order valence-electron chi connectivity index (χ4n) is 11.2. The number of thiophene rings is 4. The van der Waals surface area contributed by atoms with Crippen LogP contribution in [0.4, 0.5) is 8.78 Å². The second-order valence-electron chi connectivity index (χ2n) is 21.9. The minimum Gasteiger partial charge on any atom is -0.205 e. The van der Waals surface area contributed by atoms with Gasteiger partial charge in [-0.3, -0.25) is 0 Å². The predicted octanol–water partition coefficient (Wildman–Crippen LogP) is 24.4. The van der Waals surface area contributed by atoms with E-state index in [2.05, 4.69) is 58.9 Å². The van der Waals surface area contributed by atoms with Gasteiger partial charge in [-0.05, 0) is 73.9 Å². The minimum absolute atomic E-state index is 0.327. The first-order valence-electron chi connectivity index (χ1n) is 29.8. The lowest BCUT2D eigenvalue weighted by atomic mass is 9.88. The smallest absolute Gasteiger partial charge is 0.143 e. The molecule has 0 bridgehead atoms. The molecule has 0 N–H and O–H groups in total. The Balaban J connectivity index is 1.26. The highest BCUT2D eigenvalue weighted by molar-refractivity contribution is 7.27. The van der Waals surface area contributed by atoms with Crippen molar-refractivity contribution in [3.8, 4) is 40.4 Å². The fraction of sp³-hybridized carbons (Fsp3) is 0.656. The Kier molecular flexibility index (Phi) is 27.7. The van der Waals surface area contributed by atoms with E-state index < -0.39 is 0 Å². The Morgan fingerprint density at radius 3 is 1.21 bits per heavy atom. The van der Waals surface area contributed by atoms with Crippen molar-refractivity contribution in [3.63, 3.8) is 0 Å². The van der Waals surface area contributed by atoms with Gasteiger partial charge in [0.25, 0.3) is 0 Å². The van der Waals surface area contributed by atoms with Crippen LogP contribution in [0.3, 0.4) is 0 Å². The van der Waals surface area contributed by atoms with E-state index in [4.69, 9.17) is 8.75 Å². The first-order chi connectivity index (χ1) is 35.7.